The summed E-state index contributed by atoms with van der Waals surface area (Å²) in [7, 11) is 0. The van der Waals surface area contributed by atoms with Gasteiger partial charge in [0.05, 0.1) is 5.69 Å². The summed E-state index contributed by atoms with van der Waals surface area (Å²) >= 11 is 2.06. The Morgan fingerprint density at radius 3 is 3.24 bits per heavy atom. The summed E-state index contributed by atoms with van der Waals surface area (Å²) in [6.07, 6.45) is 1.93. The van der Waals surface area contributed by atoms with Crippen molar-refractivity contribution in [1.29, 1.82) is 0 Å². The van der Waals surface area contributed by atoms with Crippen LogP contribution in [0, 0.1) is 0 Å². The summed E-state index contributed by atoms with van der Waals surface area (Å²) in [6, 6.07) is 4.34. The van der Waals surface area contributed by atoms with E-state index in [1.165, 1.54) is 11.4 Å². The topological polar surface area (TPSA) is 28.2 Å². The van der Waals surface area contributed by atoms with E-state index in [-0.39, 0.29) is 0 Å². The number of anilines is 1. The summed E-state index contributed by atoms with van der Waals surface area (Å²) in [5.74, 6) is 1.23. The summed E-state index contributed by atoms with van der Waals surface area (Å²) < 4.78 is 0. The van der Waals surface area contributed by atoms with Gasteiger partial charge in [-0.2, -0.15) is 11.8 Å². The van der Waals surface area contributed by atoms with Crippen LogP contribution in [0.25, 0.3) is 0 Å². The fraction of sp³-hybridized carbons (Fsp3) is 0.615. The lowest BCUT2D eigenvalue weighted by Gasteiger charge is -2.32. The highest BCUT2D eigenvalue weighted by atomic mass is 32.2. The molecule has 1 atom stereocenters. The maximum Gasteiger partial charge on any atom is 0.0562 e. The van der Waals surface area contributed by atoms with E-state index in [0.717, 1.165) is 37.1 Å². The van der Waals surface area contributed by atoms with E-state index in [2.05, 4.69) is 52.9 Å². The van der Waals surface area contributed by atoms with Crippen molar-refractivity contribution < 1.29 is 0 Å². The number of hydrogen-bond acceptors (Lipinski definition) is 4. The van der Waals surface area contributed by atoms with Gasteiger partial charge in [-0.1, -0.05) is 13.8 Å². The number of pyridine rings is 1. The molecule has 0 aromatic carbocycles. The Kier molecular flexibility index (Phi) is 4.68. The van der Waals surface area contributed by atoms with Crippen molar-refractivity contribution in [3.8, 4) is 0 Å². The van der Waals surface area contributed by atoms with Crippen LogP contribution in [0.4, 0.5) is 5.69 Å². The Morgan fingerprint density at radius 1 is 1.59 bits per heavy atom. The molecule has 0 amide bonds. The predicted octanol–water partition coefficient (Wildman–Crippen LogP) is 2.13. The Balaban J connectivity index is 2.04. The van der Waals surface area contributed by atoms with Crippen LogP contribution in [0.15, 0.2) is 18.3 Å². The van der Waals surface area contributed by atoms with Crippen molar-refractivity contribution in [2.24, 2.45) is 0 Å². The van der Waals surface area contributed by atoms with Gasteiger partial charge in [-0.25, -0.2) is 0 Å². The Hall–Kier alpha value is -0.740. The van der Waals surface area contributed by atoms with Crippen LogP contribution in [0.5, 0.6) is 0 Å². The summed E-state index contributed by atoms with van der Waals surface area (Å²) in [5.41, 5.74) is 2.45. The van der Waals surface area contributed by atoms with Crippen molar-refractivity contribution in [2.75, 3.05) is 30.3 Å². The number of rotatable bonds is 4. The molecule has 0 radical (unpaired) electrons. The molecule has 17 heavy (non-hydrogen) atoms. The Labute approximate surface area is 108 Å². The maximum atomic E-state index is 4.40. The second-order valence-electron chi connectivity index (χ2n) is 4.41. The lowest BCUT2D eigenvalue weighted by molar-refractivity contribution is 0.708. The van der Waals surface area contributed by atoms with Crippen LogP contribution >= 0.6 is 11.8 Å². The average molecular weight is 251 g/mol. The van der Waals surface area contributed by atoms with E-state index in [1.807, 2.05) is 6.20 Å². The number of hydrogen-bond donors (Lipinski definition) is 1. The first-order valence-corrected chi connectivity index (χ1v) is 7.36. The van der Waals surface area contributed by atoms with Gasteiger partial charge < -0.3 is 10.2 Å². The number of nitrogens with one attached hydrogen (secondary N) is 1. The summed E-state index contributed by atoms with van der Waals surface area (Å²) in [6.45, 7) is 8.58. The first-order chi connectivity index (χ1) is 8.29. The van der Waals surface area contributed by atoms with E-state index in [4.69, 9.17) is 0 Å². The highest BCUT2D eigenvalue weighted by molar-refractivity contribution is 8.00. The third kappa shape index (κ3) is 3.61. The van der Waals surface area contributed by atoms with Crippen molar-refractivity contribution in [1.82, 2.24) is 10.3 Å². The number of thioether (sulfide) groups is 1. The quantitative estimate of drug-likeness (QED) is 0.887. The highest BCUT2D eigenvalue weighted by Crippen LogP contribution is 2.23. The van der Waals surface area contributed by atoms with Crippen molar-refractivity contribution in [2.45, 2.75) is 25.6 Å². The van der Waals surface area contributed by atoms with Crippen LogP contribution in [-0.2, 0) is 6.54 Å². The van der Waals surface area contributed by atoms with Crippen molar-refractivity contribution >= 4 is 17.4 Å². The Morgan fingerprint density at radius 2 is 2.47 bits per heavy atom. The molecule has 2 rings (SSSR count). The largest absolute Gasteiger partial charge is 0.370 e. The molecular formula is C13H21N3S. The van der Waals surface area contributed by atoms with Gasteiger partial charge in [0.1, 0.15) is 0 Å². The molecular weight excluding hydrogens is 230 g/mol. The van der Waals surface area contributed by atoms with Gasteiger partial charge in [-0.3, -0.25) is 4.98 Å². The summed E-state index contributed by atoms with van der Waals surface area (Å²) in [5, 5.41) is 4.05. The Bertz CT molecular complexity index is 356. The van der Waals surface area contributed by atoms with Gasteiger partial charge in [0, 0.05) is 42.5 Å². The van der Waals surface area contributed by atoms with Gasteiger partial charge in [0.2, 0.25) is 0 Å². The van der Waals surface area contributed by atoms with Crippen molar-refractivity contribution in [3.05, 3.63) is 24.0 Å². The number of nitrogens with zero attached hydrogens (tertiary/aromatic N) is 2. The zero-order valence-electron chi connectivity index (χ0n) is 10.6. The zero-order valence-corrected chi connectivity index (χ0v) is 11.5. The van der Waals surface area contributed by atoms with E-state index in [0.29, 0.717) is 0 Å². The molecule has 0 bridgehead atoms. The maximum absolute atomic E-state index is 4.40. The molecule has 1 unspecified atom stereocenters. The third-order valence-electron chi connectivity index (χ3n) is 2.96. The van der Waals surface area contributed by atoms with Gasteiger partial charge in [0.25, 0.3) is 0 Å². The fourth-order valence-corrected chi connectivity index (χ4v) is 3.08. The smallest absolute Gasteiger partial charge is 0.0562 e. The minimum absolute atomic E-state index is 0.731. The third-order valence-corrected chi connectivity index (χ3v) is 4.10. The van der Waals surface area contributed by atoms with Crippen LogP contribution in [0.2, 0.25) is 0 Å². The molecule has 3 nitrogen and oxygen atoms in total. The predicted molar refractivity (Wildman–Crippen MR) is 75.8 cm³/mol. The van der Waals surface area contributed by atoms with Crippen molar-refractivity contribution in [3.63, 3.8) is 0 Å². The van der Waals surface area contributed by atoms with Crippen LogP contribution in [0.1, 0.15) is 19.5 Å². The molecule has 4 heteroatoms. The molecule has 0 aliphatic carbocycles. The van der Waals surface area contributed by atoms with E-state index < -0.39 is 0 Å². The average Bonchev–Trinajstić information content (AvgIpc) is 2.37. The molecule has 0 spiro atoms. The number of aromatic nitrogens is 1. The highest BCUT2D eigenvalue weighted by Gasteiger charge is 2.17. The molecule has 2 heterocycles. The first-order valence-electron chi connectivity index (χ1n) is 6.31. The monoisotopic (exact) mass is 251 g/mol. The SMILES string of the molecule is CCNCc1cc(N2CCSC(C)C2)ccn1. The molecule has 1 saturated heterocycles. The van der Waals surface area contributed by atoms with Crippen LogP contribution in [-0.4, -0.2) is 35.6 Å². The van der Waals surface area contributed by atoms with E-state index in [1.54, 1.807) is 0 Å². The molecule has 94 valence electrons. The molecule has 1 aliphatic rings. The van der Waals surface area contributed by atoms with Gasteiger partial charge in [-0.15, -0.1) is 0 Å². The molecule has 1 aliphatic heterocycles. The minimum atomic E-state index is 0.731. The second kappa shape index (κ2) is 6.26. The molecule has 1 N–H and O–H groups in total. The molecule has 0 saturated carbocycles. The van der Waals surface area contributed by atoms with E-state index >= 15 is 0 Å². The molecule has 1 aromatic heterocycles. The summed E-state index contributed by atoms with van der Waals surface area (Å²) in [4.78, 5) is 6.87. The minimum Gasteiger partial charge on any atom is -0.370 e. The normalized spacial score (nSPS) is 20.6. The lowest BCUT2D eigenvalue weighted by Crippen LogP contribution is -2.36. The standard InChI is InChI=1S/C13H21N3S/c1-3-14-9-12-8-13(4-5-15-12)16-6-7-17-11(2)10-16/h4-5,8,11,14H,3,6-7,9-10H2,1-2H3. The fourth-order valence-electron chi connectivity index (χ4n) is 2.06. The zero-order chi connectivity index (χ0) is 12.1. The van der Waals surface area contributed by atoms with Crippen LogP contribution < -0.4 is 10.2 Å². The molecule has 1 fully saturated rings. The van der Waals surface area contributed by atoms with Gasteiger partial charge >= 0.3 is 0 Å². The lowest BCUT2D eigenvalue weighted by atomic mass is 10.2. The van der Waals surface area contributed by atoms with Gasteiger partial charge in [-0.05, 0) is 18.7 Å². The van der Waals surface area contributed by atoms with Crippen LogP contribution in [0.3, 0.4) is 0 Å². The van der Waals surface area contributed by atoms with Gasteiger partial charge in [0.15, 0.2) is 0 Å². The van der Waals surface area contributed by atoms with E-state index in [9.17, 15) is 0 Å². The second-order valence-corrected chi connectivity index (χ2v) is 5.96. The first kappa shape index (κ1) is 12.7. The molecule has 1 aromatic rings.